The normalized spacial score (nSPS) is 16.2. The average molecular weight is 410 g/mol. The van der Waals surface area contributed by atoms with E-state index in [9.17, 15) is 14.4 Å². The second kappa shape index (κ2) is 8.96. The van der Waals surface area contributed by atoms with Gasteiger partial charge in [0.2, 0.25) is 0 Å². The number of para-hydroxylation sites is 1. The predicted octanol–water partition coefficient (Wildman–Crippen LogP) is 1.25. The Bertz CT molecular complexity index is 942. The van der Waals surface area contributed by atoms with E-state index in [-0.39, 0.29) is 18.5 Å². The molecule has 3 rings (SSSR count). The zero-order chi connectivity index (χ0) is 21.8. The summed E-state index contributed by atoms with van der Waals surface area (Å²) in [5.74, 6) is -1.16. The molecule has 0 bridgehead atoms. The minimum atomic E-state index is -0.865. The molecule has 0 aromatic heterocycles. The molecule has 30 heavy (non-hydrogen) atoms. The van der Waals surface area contributed by atoms with Crippen molar-refractivity contribution in [2.45, 2.75) is 12.1 Å². The van der Waals surface area contributed by atoms with Crippen LogP contribution in [0.5, 0.6) is 5.75 Å². The molecule has 3 amide bonds. The van der Waals surface area contributed by atoms with Gasteiger partial charge in [-0.1, -0.05) is 30.3 Å². The molecular weight excluding hydrogens is 384 g/mol. The number of hydrogen-bond acceptors (Lipinski definition) is 5. The molecule has 1 aliphatic rings. The molecule has 0 saturated carbocycles. The average Bonchev–Trinajstić information content (AvgIpc) is 2.99. The van der Waals surface area contributed by atoms with Crippen LogP contribution < -0.4 is 20.3 Å². The maximum atomic E-state index is 12.5. The lowest BCUT2D eigenvalue weighted by Gasteiger charge is -2.25. The summed E-state index contributed by atoms with van der Waals surface area (Å²) in [7, 11) is 7.03. The Kier molecular flexibility index (Phi) is 6.37. The molecule has 0 radical (unpaired) electrons. The number of amides is 3. The number of benzene rings is 2. The number of hydrogen-bond donors (Lipinski definition) is 2. The SMILES string of the molecule is COc1ccc([C@H](CNC(=O)C(=O)N[C@H]2C(=O)N(C)c3ccccc32)N(C)C)cc1. The third-order valence-corrected chi connectivity index (χ3v) is 5.25. The molecule has 2 N–H and O–H groups in total. The van der Waals surface area contributed by atoms with Crippen molar-refractivity contribution in [3.63, 3.8) is 0 Å². The first kappa shape index (κ1) is 21.3. The van der Waals surface area contributed by atoms with Crippen molar-refractivity contribution in [1.82, 2.24) is 15.5 Å². The van der Waals surface area contributed by atoms with Crippen LogP contribution in [-0.4, -0.2) is 57.4 Å². The molecule has 0 aliphatic carbocycles. The third-order valence-electron chi connectivity index (χ3n) is 5.25. The van der Waals surface area contributed by atoms with Gasteiger partial charge in [0, 0.05) is 24.8 Å². The molecule has 2 aromatic rings. The fourth-order valence-corrected chi connectivity index (χ4v) is 3.51. The molecular formula is C22H26N4O4. The van der Waals surface area contributed by atoms with Gasteiger partial charge in [0.1, 0.15) is 11.8 Å². The zero-order valence-electron chi connectivity index (χ0n) is 17.5. The van der Waals surface area contributed by atoms with Gasteiger partial charge in [0.05, 0.1) is 13.2 Å². The summed E-state index contributed by atoms with van der Waals surface area (Å²) < 4.78 is 5.18. The van der Waals surface area contributed by atoms with Gasteiger partial charge in [0.25, 0.3) is 5.91 Å². The van der Waals surface area contributed by atoms with Gasteiger partial charge in [-0.15, -0.1) is 0 Å². The van der Waals surface area contributed by atoms with Gasteiger partial charge in [-0.3, -0.25) is 14.4 Å². The van der Waals surface area contributed by atoms with Gasteiger partial charge < -0.3 is 25.2 Å². The number of rotatable bonds is 6. The van der Waals surface area contributed by atoms with Crippen molar-refractivity contribution < 1.29 is 19.1 Å². The molecule has 0 spiro atoms. The van der Waals surface area contributed by atoms with Crippen molar-refractivity contribution >= 4 is 23.4 Å². The van der Waals surface area contributed by atoms with Crippen molar-refractivity contribution in [3.8, 4) is 5.75 Å². The second-order valence-corrected chi connectivity index (χ2v) is 7.33. The first-order valence-electron chi connectivity index (χ1n) is 9.59. The van der Waals surface area contributed by atoms with Crippen LogP contribution in [0.4, 0.5) is 5.69 Å². The number of nitrogens with zero attached hydrogens (tertiary/aromatic N) is 2. The van der Waals surface area contributed by atoms with Crippen molar-refractivity contribution in [2.75, 3.05) is 39.7 Å². The quantitative estimate of drug-likeness (QED) is 0.700. The summed E-state index contributed by atoms with van der Waals surface area (Å²) in [4.78, 5) is 40.7. The standard InChI is InChI=1S/C22H26N4O4/c1-25(2)18(14-9-11-15(30-4)12-10-14)13-23-20(27)21(28)24-19-16-7-5-6-8-17(16)26(3)22(19)29/h5-12,18-19H,13H2,1-4H3,(H,23,27)(H,24,28)/t18-,19+/m0/s1. The Labute approximate surface area is 175 Å². The summed E-state index contributed by atoms with van der Waals surface area (Å²) in [5, 5.41) is 5.22. The van der Waals surface area contributed by atoms with Crippen molar-refractivity contribution in [2.24, 2.45) is 0 Å². The van der Waals surface area contributed by atoms with E-state index in [1.807, 2.05) is 49.3 Å². The highest BCUT2D eigenvalue weighted by atomic mass is 16.5. The number of nitrogens with one attached hydrogen (secondary N) is 2. The number of carbonyl (C=O) groups is 3. The van der Waals surface area contributed by atoms with Crippen LogP contribution in [0.15, 0.2) is 48.5 Å². The number of carbonyl (C=O) groups excluding carboxylic acids is 3. The molecule has 0 unspecified atom stereocenters. The van der Waals surface area contributed by atoms with Gasteiger partial charge >= 0.3 is 11.8 Å². The first-order chi connectivity index (χ1) is 14.3. The number of fused-ring (bicyclic) bond motifs is 1. The Morgan fingerprint density at radius 1 is 1.10 bits per heavy atom. The highest BCUT2D eigenvalue weighted by molar-refractivity contribution is 6.35. The highest BCUT2D eigenvalue weighted by Crippen LogP contribution is 2.34. The van der Waals surface area contributed by atoms with Crippen LogP contribution in [0, 0.1) is 0 Å². The van der Waals surface area contributed by atoms with E-state index in [1.54, 1.807) is 32.4 Å². The van der Waals surface area contributed by atoms with Gasteiger partial charge in [-0.05, 0) is 37.9 Å². The van der Waals surface area contributed by atoms with Crippen molar-refractivity contribution in [3.05, 3.63) is 59.7 Å². The monoisotopic (exact) mass is 410 g/mol. The Morgan fingerprint density at radius 2 is 1.77 bits per heavy atom. The van der Waals surface area contributed by atoms with Crippen LogP contribution in [0.25, 0.3) is 0 Å². The fourth-order valence-electron chi connectivity index (χ4n) is 3.51. The molecule has 8 heteroatoms. The van der Waals surface area contributed by atoms with E-state index in [2.05, 4.69) is 10.6 Å². The summed E-state index contributed by atoms with van der Waals surface area (Å²) in [6, 6.07) is 13.7. The lowest BCUT2D eigenvalue weighted by Crippen LogP contribution is -2.45. The van der Waals surface area contributed by atoms with E-state index < -0.39 is 17.9 Å². The van der Waals surface area contributed by atoms with Gasteiger partial charge in [-0.2, -0.15) is 0 Å². The van der Waals surface area contributed by atoms with Gasteiger partial charge in [-0.25, -0.2) is 0 Å². The van der Waals surface area contributed by atoms with E-state index >= 15 is 0 Å². The zero-order valence-corrected chi connectivity index (χ0v) is 17.5. The maximum Gasteiger partial charge on any atom is 0.310 e. The van der Waals surface area contributed by atoms with E-state index in [1.165, 1.54) is 4.90 Å². The second-order valence-electron chi connectivity index (χ2n) is 7.33. The van der Waals surface area contributed by atoms with Crippen LogP contribution in [0.3, 0.4) is 0 Å². The minimum absolute atomic E-state index is 0.132. The topological polar surface area (TPSA) is 91.0 Å². The molecule has 0 fully saturated rings. The van der Waals surface area contributed by atoms with Gasteiger partial charge in [0.15, 0.2) is 0 Å². The summed E-state index contributed by atoms with van der Waals surface area (Å²) in [6.45, 7) is 0.237. The Morgan fingerprint density at radius 3 is 2.40 bits per heavy atom. The Balaban J connectivity index is 1.63. The van der Waals surface area contributed by atoms with Crippen LogP contribution in [0.2, 0.25) is 0 Å². The van der Waals surface area contributed by atoms with Crippen LogP contribution in [-0.2, 0) is 14.4 Å². The molecule has 2 atom stereocenters. The van der Waals surface area contributed by atoms with Crippen LogP contribution in [0.1, 0.15) is 23.2 Å². The third kappa shape index (κ3) is 4.28. The summed E-state index contributed by atoms with van der Waals surface area (Å²) in [5.41, 5.74) is 2.37. The molecule has 8 nitrogen and oxygen atoms in total. The molecule has 2 aromatic carbocycles. The summed E-state index contributed by atoms with van der Waals surface area (Å²) in [6.07, 6.45) is 0. The minimum Gasteiger partial charge on any atom is -0.497 e. The molecule has 0 saturated heterocycles. The number of ether oxygens (including phenoxy) is 1. The van der Waals surface area contributed by atoms with E-state index in [0.29, 0.717) is 5.56 Å². The number of methoxy groups -OCH3 is 1. The summed E-state index contributed by atoms with van der Waals surface area (Å²) >= 11 is 0. The van der Waals surface area contributed by atoms with E-state index in [4.69, 9.17) is 4.74 Å². The van der Waals surface area contributed by atoms with E-state index in [0.717, 1.165) is 17.0 Å². The molecule has 158 valence electrons. The Hall–Kier alpha value is -3.39. The number of anilines is 1. The predicted molar refractivity (Wildman–Crippen MR) is 113 cm³/mol. The lowest BCUT2D eigenvalue weighted by atomic mass is 10.1. The molecule has 1 heterocycles. The van der Waals surface area contributed by atoms with Crippen molar-refractivity contribution in [1.29, 1.82) is 0 Å². The molecule has 1 aliphatic heterocycles. The smallest absolute Gasteiger partial charge is 0.310 e. The fraction of sp³-hybridized carbons (Fsp3) is 0.318. The van der Waals surface area contributed by atoms with Crippen LogP contribution >= 0.6 is 0 Å². The largest absolute Gasteiger partial charge is 0.497 e. The number of likely N-dealkylation sites (N-methyl/N-ethyl adjacent to an activating group) is 2. The lowest BCUT2D eigenvalue weighted by molar-refractivity contribution is -0.140. The highest BCUT2D eigenvalue weighted by Gasteiger charge is 2.36. The maximum absolute atomic E-state index is 12.5. The first-order valence-corrected chi connectivity index (χ1v) is 9.59.